The molecule has 1 saturated carbocycles. The van der Waals surface area contributed by atoms with Crippen molar-refractivity contribution in [3.63, 3.8) is 0 Å². The van der Waals surface area contributed by atoms with Crippen molar-refractivity contribution in [2.24, 2.45) is 11.7 Å². The van der Waals surface area contributed by atoms with Crippen LogP contribution in [0.4, 0.5) is 0 Å². The number of benzene rings is 1. The highest BCUT2D eigenvalue weighted by atomic mass is 35.5. The molecule has 0 spiro atoms. The zero-order valence-electron chi connectivity index (χ0n) is 13.7. The van der Waals surface area contributed by atoms with Crippen LogP contribution >= 0.6 is 12.4 Å². The lowest BCUT2D eigenvalue weighted by atomic mass is 10.0. The molecule has 0 heterocycles. The molecule has 8 heteroatoms. The second-order valence-electron chi connectivity index (χ2n) is 5.94. The molecule has 24 heavy (non-hydrogen) atoms. The molecular weight excluding hydrogens is 352 g/mol. The predicted octanol–water partition coefficient (Wildman–Crippen LogP) is 1.52. The lowest BCUT2D eigenvalue weighted by Crippen LogP contribution is -2.40. The van der Waals surface area contributed by atoms with Gasteiger partial charge in [-0.25, -0.2) is 8.42 Å². The summed E-state index contributed by atoms with van der Waals surface area (Å²) in [5.41, 5.74) is 5.70. The Labute approximate surface area is 149 Å². The van der Waals surface area contributed by atoms with Gasteiger partial charge in [-0.2, -0.15) is 0 Å². The molecule has 0 saturated heterocycles. The zero-order chi connectivity index (χ0) is 16.9. The molecule has 1 amide bonds. The molecule has 1 aliphatic carbocycles. The third-order valence-corrected chi connectivity index (χ3v) is 5.29. The number of nitrogens with one attached hydrogen (secondary N) is 1. The van der Waals surface area contributed by atoms with E-state index in [1.165, 1.54) is 12.1 Å². The summed E-state index contributed by atoms with van der Waals surface area (Å²) in [4.78, 5) is 12.2. The van der Waals surface area contributed by atoms with Crippen LogP contribution in [0.1, 0.15) is 25.7 Å². The zero-order valence-corrected chi connectivity index (χ0v) is 15.4. The molecule has 6 nitrogen and oxygen atoms in total. The number of hydrogen-bond acceptors (Lipinski definition) is 5. The number of carbonyl (C=O) groups is 1. The monoisotopic (exact) mass is 376 g/mol. The summed E-state index contributed by atoms with van der Waals surface area (Å²) in [6.45, 7) is 0.859. The van der Waals surface area contributed by atoms with E-state index in [4.69, 9.17) is 10.5 Å². The maximum atomic E-state index is 11.9. The van der Waals surface area contributed by atoms with Gasteiger partial charge in [-0.1, -0.05) is 6.42 Å². The van der Waals surface area contributed by atoms with E-state index < -0.39 is 9.84 Å². The highest BCUT2D eigenvalue weighted by Gasteiger charge is 2.27. The van der Waals surface area contributed by atoms with Crippen LogP contribution in [-0.4, -0.2) is 39.8 Å². The molecule has 1 fully saturated rings. The first kappa shape index (κ1) is 20.7. The van der Waals surface area contributed by atoms with E-state index in [0.29, 0.717) is 18.2 Å². The Balaban J connectivity index is 0.00000288. The second-order valence-corrected chi connectivity index (χ2v) is 7.96. The normalized spacial score (nSPS) is 20.2. The van der Waals surface area contributed by atoms with E-state index in [1.54, 1.807) is 12.1 Å². The first-order valence-electron chi connectivity index (χ1n) is 7.82. The Kier molecular flexibility index (Phi) is 7.99. The molecule has 2 atom stereocenters. The van der Waals surface area contributed by atoms with Gasteiger partial charge >= 0.3 is 0 Å². The molecule has 1 aromatic rings. The molecule has 0 bridgehead atoms. The van der Waals surface area contributed by atoms with Gasteiger partial charge in [-0.05, 0) is 49.6 Å². The fraction of sp³-hybridized carbons (Fsp3) is 0.562. The fourth-order valence-electron chi connectivity index (χ4n) is 2.83. The molecular formula is C16H25ClN2O4S. The minimum atomic E-state index is -3.20. The van der Waals surface area contributed by atoms with Gasteiger partial charge in [0.15, 0.2) is 9.84 Å². The van der Waals surface area contributed by atoms with Crippen LogP contribution in [0.2, 0.25) is 0 Å². The van der Waals surface area contributed by atoms with Crippen molar-refractivity contribution in [3.8, 4) is 5.75 Å². The SMILES string of the molecule is CS(=O)(=O)c1ccc(OCCC(=O)NC2CCCC2CN)cc1.Cl. The van der Waals surface area contributed by atoms with E-state index in [-0.39, 0.29) is 42.3 Å². The number of sulfone groups is 1. The largest absolute Gasteiger partial charge is 0.493 e. The summed E-state index contributed by atoms with van der Waals surface area (Å²) in [5, 5.41) is 3.02. The van der Waals surface area contributed by atoms with Gasteiger partial charge in [0.25, 0.3) is 0 Å². The Morgan fingerprint density at radius 1 is 1.29 bits per heavy atom. The van der Waals surface area contributed by atoms with Crippen molar-refractivity contribution >= 4 is 28.2 Å². The van der Waals surface area contributed by atoms with Crippen molar-refractivity contribution in [3.05, 3.63) is 24.3 Å². The molecule has 1 aliphatic rings. The number of ether oxygens (including phenoxy) is 1. The number of halogens is 1. The molecule has 136 valence electrons. The molecule has 3 N–H and O–H groups in total. The van der Waals surface area contributed by atoms with Crippen molar-refractivity contribution in [2.45, 2.75) is 36.6 Å². The molecule has 2 unspecified atom stereocenters. The van der Waals surface area contributed by atoms with Crippen LogP contribution in [-0.2, 0) is 14.6 Å². The topological polar surface area (TPSA) is 98.5 Å². The highest BCUT2D eigenvalue weighted by molar-refractivity contribution is 7.90. The van der Waals surface area contributed by atoms with Gasteiger partial charge in [0.2, 0.25) is 5.91 Å². The number of carbonyl (C=O) groups excluding carboxylic acids is 1. The number of amides is 1. The Morgan fingerprint density at radius 2 is 1.96 bits per heavy atom. The summed E-state index contributed by atoms with van der Waals surface area (Å²) in [6.07, 6.45) is 4.59. The molecule has 0 aromatic heterocycles. The first-order chi connectivity index (χ1) is 10.9. The van der Waals surface area contributed by atoms with E-state index in [1.807, 2.05) is 0 Å². The summed E-state index contributed by atoms with van der Waals surface area (Å²) in [6, 6.07) is 6.36. The molecule has 2 rings (SSSR count). The van der Waals surface area contributed by atoms with Crippen LogP contribution in [0.3, 0.4) is 0 Å². The lowest BCUT2D eigenvalue weighted by molar-refractivity contribution is -0.122. The average molecular weight is 377 g/mol. The van der Waals surface area contributed by atoms with Crippen LogP contribution < -0.4 is 15.8 Å². The maximum absolute atomic E-state index is 11.9. The molecule has 1 aromatic carbocycles. The van der Waals surface area contributed by atoms with E-state index in [0.717, 1.165) is 25.5 Å². The fourth-order valence-corrected chi connectivity index (χ4v) is 3.46. The third kappa shape index (κ3) is 5.96. The summed E-state index contributed by atoms with van der Waals surface area (Å²) in [5.74, 6) is 0.886. The Morgan fingerprint density at radius 3 is 2.54 bits per heavy atom. The van der Waals surface area contributed by atoms with Crippen LogP contribution in [0.25, 0.3) is 0 Å². The summed E-state index contributed by atoms with van der Waals surface area (Å²) in [7, 11) is -3.20. The standard InChI is InChI=1S/C16H24N2O4S.ClH/c1-23(20,21)14-7-5-13(6-8-14)22-10-9-16(19)18-15-4-2-3-12(15)11-17;/h5-8,12,15H,2-4,9-11,17H2,1H3,(H,18,19);1H. The van der Waals surface area contributed by atoms with Crippen LogP contribution in [0.15, 0.2) is 29.2 Å². The molecule has 0 radical (unpaired) electrons. The van der Waals surface area contributed by atoms with Crippen molar-refractivity contribution in [2.75, 3.05) is 19.4 Å². The Hall–Kier alpha value is -1.31. The van der Waals surface area contributed by atoms with Gasteiger partial charge in [0.1, 0.15) is 5.75 Å². The quantitative estimate of drug-likeness (QED) is 0.751. The summed E-state index contributed by atoms with van der Waals surface area (Å²) >= 11 is 0. The minimum absolute atomic E-state index is 0. The van der Waals surface area contributed by atoms with Gasteiger partial charge in [0.05, 0.1) is 17.9 Å². The van der Waals surface area contributed by atoms with Crippen LogP contribution in [0, 0.1) is 5.92 Å². The third-order valence-electron chi connectivity index (χ3n) is 4.16. The average Bonchev–Trinajstić information content (AvgIpc) is 2.94. The first-order valence-corrected chi connectivity index (χ1v) is 9.71. The van der Waals surface area contributed by atoms with E-state index >= 15 is 0 Å². The van der Waals surface area contributed by atoms with E-state index in [2.05, 4.69) is 5.32 Å². The van der Waals surface area contributed by atoms with Crippen LogP contribution in [0.5, 0.6) is 5.75 Å². The van der Waals surface area contributed by atoms with Crippen molar-refractivity contribution < 1.29 is 17.9 Å². The number of rotatable bonds is 7. The minimum Gasteiger partial charge on any atom is -0.493 e. The maximum Gasteiger partial charge on any atom is 0.223 e. The molecule has 0 aliphatic heterocycles. The number of hydrogen-bond donors (Lipinski definition) is 2. The van der Waals surface area contributed by atoms with Gasteiger partial charge < -0.3 is 15.8 Å². The smallest absolute Gasteiger partial charge is 0.223 e. The second kappa shape index (κ2) is 9.25. The van der Waals surface area contributed by atoms with Gasteiger partial charge in [0, 0.05) is 12.3 Å². The van der Waals surface area contributed by atoms with Crippen molar-refractivity contribution in [1.29, 1.82) is 0 Å². The van der Waals surface area contributed by atoms with Gasteiger partial charge in [-0.15, -0.1) is 12.4 Å². The van der Waals surface area contributed by atoms with Crippen molar-refractivity contribution in [1.82, 2.24) is 5.32 Å². The predicted molar refractivity (Wildman–Crippen MR) is 95.2 cm³/mol. The lowest BCUT2D eigenvalue weighted by Gasteiger charge is -2.19. The highest BCUT2D eigenvalue weighted by Crippen LogP contribution is 2.24. The van der Waals surface area contributed by atoms with Gasteiger partial charge in [-0.3, -0.25) is 4.79 Å². The summed E-state index contributed by atoms with van der Waals surface area (Å²) < 4.78 is 28.2. The van der Waals surface area contributed by atoms with E-state index in [9.17, 15) is 13.2 Å². The Bertz CT molecular complexity index is 634. The number of nitrogens with two attached hydrogens (primary N) is 1.